The molecule has 0 aromatic heterocycles. The first-order chi connectivity index (χ1) is 10.6. The molecule has 0 amide bonds. The molecule has 1 N–H and O–H groups in total. The van der Waals surface area contributed by atoms with Crippen molar-refractivity contribution in [3.63, 3.8) is 0 Å². The van der Waals surface area contributed by atoms with Gasteiger partial charge >= 0.3 is 0 Å². The number of rotatable bonds is 9. The van der Waals surface area contributed by atoms with Crippen LogP contribution in [-0.2, 0) is 4.74 Å². The molecule has 0 bridgehead atoms. The van der Waals surface area contributed by atoms with Gasteiger partial charge in [0.1, 0.15) is 0 Å². The molecule has 4 heteroatoms. The summed E-state index contributed by atoms with van der Waals surface area (Å²) in [6, 6.07) is 0. The van der Waals surface area contributed by atoms with Gasteiger partial charge in [0.15, 0.2) is 0 Å². The summed E-state index contributed by atoms with van der Waals surface area (Å²) in [5.41, 5.74) is -0.434. The van der Waals surface area contributed by atoms with Crippen LogP contribution in [0.4, 0.5) is 0 Å². The minimum atomic E-state index is -0.217. The summed E-state index contributed by atoms with van der Waals surface area (Å²) in [6.45, 7) is 21.1. The normalized spacial score (nSPS) is 22.4. The molecule has 138 valence electrons. The van der Waals surface area contributed by atoms with Crippen LogP contribution in [0.5, 0.6) is 0 Å². The van der Waals surface area contributed by atoms with Crippen molar-refractivity contribution in [2.75, 3.05) is 32.8 Å². The Balaban J connectivity index is 2.36. The van der Waals surface area contributed by atoms with E-state index in [0.29, 0.717) is 0 Å². The first-order valence-corrected chi connectivity index (χ1v) is 9.58. The molecule has 1 aliphatic rings. The van der Waals surface area contributed by atoms with E-state index < -0.39 is 0 Å². The molecule has 0 radical (unpaired) electrons. The van der Waals surface area contributed by atoms with Gasteiger partial charge in [0.2, 0.25) is 0 Å². The van der Waals surface area contributed by atoms with Gasteiger partial charge in [-0.1, -0.05) is 0 Å². The van der Waals surface area contributed by atoms with Gasteiger partial charge < -0.3 is 14.4 Å². The van der Waals surface area contributed by atoms with Gasteiger partial charge in [-0.2, -0.15) is 5.06 Å². The maximum Gasteiger partial charge on any atom is 0.0787 e. The lowest BCUT2D eigenvalue weighted by molar-refractivity contribution is -0.923. The molecule has 0 aromatic rings. The third-order valence-corrected chi connectivity index (χ3v) is 5.99. The molecule has 1 saturated heterocycles. The maximum atomic E-state index is 10.3. The highest BCUT2D eigenvalue weighted by Crippen LogP contribution is 2.37. The average molecular weight is 330 g/mol. The Morgan fingerprint density at radius 3 is 1.87 bits per heavy atom. The lowest BCUT2D eigenvalue weighted by atomic mass is 9.80. The third-order valence-electron chi connectivity index (χ3n) is 5.99. The van der Waals surface area contributed by atoms with Crippen LogP contribution in [0.25, 0.3) is 0 Å². The van der Waals surface area contributed by atoms with Gasteiger partial charge in [-0.3, -0.25) is 0 Å². The predicted molar refractivity (Wildman–Crippen MR) is 96.7 cm³/mol. The van der Waals surface area contributed by atoms with E-state index in [4.69, 9.17) is 4.74 Å². The van der Waals surface area contributed by atoms with Crippen LogP contribution < -0.4 is 0 Å². The minimum Gasteiger partial charge on any atom is -0.378 e. The van der Waals surface area contributed by atoms with Crippen LogP contribution in [0.2, 0.25) is 0 Å². The number of nitrogens with zero attached hydrogens (tertiary/aromatic N) is 2. The van der Waals surface area contributed by atoms with E-state index >= 15 is 0 Å². The van der Waals surface area contributed by atoms with Gasteiger partial charge in [-0.05, 0) is 74.1 Å². The van der Waals surface area contributed by atoms with Crippen LogP contribution in [0.1, 0.15) is 74.1 Å². The molecule has 0 aliphatic carbocycles. The second-order valence-corrected chi connectivity index (χ2v) is 8.56. The van der Waals surface area contributed by atoms with E-state index in [9.17, 15) is 5.21 Å². The fourth-order valence-corrected chi connectivity index (χ4v) is 4.24. The summed E-state index contributed by atoms with van der Waals surface area (Å²) in [5, 5.41) is 11.9. The van der Waals surface area contributed by atoms with E-state index in [1.54, 1.807) is 0 Å². The largest absolute Gasteiger partial charge is 0.378 e. The molecule has 1 aliphatic heterocycles. The van der Waals surface area contributed by atoms with E-state index in [1.807, 2.05) is 0 Å². The molecular formula is C19H41N2O2+. The van der Waals surface area contributed by atoms with Crippen molar-refractivity contribution in [3.8, 4) is 0 Å². The molecule has 4 nitrogen and oxygen atoms in total. The molecule has 0 aromatic carbocycles. The number of ether oxygens (including phenoxy) is 1. The van der Waals surface area contributed by atoms with Crippen molar-refractivity contribution < 1.29 is 14.4 Å². The summed E-state index contributed by atoms with van der Waals surface area (Å²) in [4.78, 5) is 0. The molecule has 1 fully saturated rings. The topological polar surface area (TPSA) is 32.7 Å². The number of quaternary nitrogens is 1. The molecule has 23 heavy (non-hydrogen) atoms. The number of hydrogen-bond donors (Lipinski definition) is 1. The standard InChI is InChI=1S/C19H41N2O2/c1-8-21(9-2,10-3)13-11-12-14-23-17-15-18(4,5)20(22)19(6,7)16-17/h17,22H,8-16H2,1-7H3/q+1. The van der Waals surface area contributed by atoms with E-state index in [-0.39, 0.29) is 17.2 Å². The third kappa shape index (κ3) is 5.42. The average Bonchev–Trinajstić information content (AvgIpc) is 2.48. The van der Waals surface area contributed by atoms with Crippen molar-refractivity contribution in [1.29, 1.82) is 0 Å². The Labute approximate surface area is 144 Å². The van der Waals surface area contributed by atoms with Crippen molar-refractivity contribution >= 4 is 0 Å². The van der Waals surface area contributed by atoms with Gasteiger partial charge in [0, 0.05) is 17.7 Å². The Kier molecular flexibility index (Phi) is 7.52. The second-order valence-electron chi connectivity index (χ2n) is 8.56. The smallest absolute Gasteiger partial charge is 0.0787 e. The highest BCUT2D eigenvalue weighted by Gasteiger charge is 2.45. The maximum absolute atomic E-state index is 10.3. The van der Waals surface area contributed by atoms with Crippen molar-refractivity contribution in [3.05, 3.63) is 0 Å². The highest BCUT2D eigenvalue weighted by molar-refractivity contribution is 4.96. The predicted octanol–water partition coefficient (Wildman–Crippen LogP) is 4.07. The van der Waals surface area contributed by atoms with Gasteiger partial charge in [-0.25, -0.2) is 0 Å². The van der Waals surface area contributed by atoms with Crippen LogP contribution in [0, 0.1) is 0 Å². The van der Waals surface area contributed by atoms with E-state index in [1.165, 1.54) is 42.1 Å². The van der Waals surface area contributed by atoms with Crippen LogP contribution in [-0.4, -0.2) is 64.7 Å². The highest BCUT2D eigenvalue weighted by atomic mass is 16.5. The Hall–Kier alpha value is -0.160. The monoisotopic (exact) mass is 329 g/mol. The van der Waals surface area contributed by atoms with Gasteiger partial charge in [0.05, 0.1) is 32.3 Å². The molecule has 0 unspecified atom stereocenters. The summed E-state index contributed by atoms with van der Waals surface area (Å²) >= 11 is 0. The number of piperidine rings is 1. The molecule has 1 rings (SSSR count). The first-order valence-electron chi connectivity index (χ1n) is 9.58. The molecular weight excluding hydrogens is 288 g/mol. The molecule has 0 spiro atoms. The summed E-state index contributed by atoms with van der Waals surface area (Å²) in [5.74, 6) is 0. The Bertz CT molecular complexity index is 325. The number of unbranched alkanes of at least 4 members (excludes halogenated alkanes) is 1. The molecule has 0 atom stereocenters. The Morgan fingerprint density at radius 1 is 0.957 bits per heavy atom. The lowest BCUT2D eigenvalue weighted by Gasteiger charge is -2.51. The van der Waals surface area contributed by atoms with E-state index in [2.05, 4.69) is 48.5 Å². The minimum absolute atomic E-state index is 0.217. The van der Waals surface area contributed by atoms with E-state index in [0.717, 1.165) is 25.9 Å². The molecule has 1 heterocycles. The second kappa shape index (κ2) is 8.28. The summed E-state index contributed by atoms with van der Waals surface area (Å²) in [6.07, 6.45) is 4.42. The summed E-state index contributed by atoms with van der Waals surface area (Å²) in [7, 11) is 0. The number of hydroxylamine groups is 2. The summed E-state index contributed by atoms with van der Waals surface area (Å²) < 4.78 is 7.40. The fourth-order valence-electron chi connectivity index (χ4n) is 4.24. The number of hydrogen-bond acceptors (Lipinski definition) is 3. The van der Waals surface area contributed by atoms with Crippen LogP contribution in [0.3, 0.4) is 0 Å². The van der Waals surface area contributed by atoms with Crippen molar-refractivity contribution in [1.82, 2.24) is 5.06 Å². The zero-order valence-corrected chi connectivity index (χ0v) is 16.7. The van der Waals surface area contributed by atoms with Crippen LogP contribution in [0.15, 0.2) is 0 Å². The quantitative estimate of drug-likeness (QED) is 0.511. The molecule has 0 saturated carbocycles. The van der Waals surface area contributed by atoms with Crippen molar-refractivity contribution in [2.45, 2.75) is 91.3 Å². The zero-order valence-electron chi connectivity index (χ0n) is 16.7. The fraction of sp³-hybridized carbons (Fsp3) is 1.00. The van der Waals surface area contributed by atoms with Crippen LogP contribution >= 0.6 is 0 Å². The SMILES string of the molecule is CC[N+](CC)(CC)CCCCOC1CC(C)(C)N(O)C(C)(C)C1. The first kappa shape index (κ1) is 20.9. The van der Waals surface area contributed by atoms with Gasteiger partial charge in [-0.15, -0.1) is 0 Å². The Morgan fingerprint density at radius 2 is 1.43 bits per heavy atom. The lowest BCUT2D eigenvalue weighted by Crippen LogP contribution is -2.60. The zero-order chi connectivity index (χ0) is 17.7. The van der Waals surface area contributed by atoms with Crippen molar-refractivity contribution in [2.24, 2.45) is 0 Å². The van der Waals surface area contributed by atoms with Gasteiger partial charge in [0.25, 0.3) is 0 Å².